The number of benzene rings is 1. The lowest BCUT2D eigenvalue weighted by atomic mass is 10.0. The fourth-order valence-electron chi connectivity index (χ4n) is 1.88. The van der Waals surface area contributed by atoms with Crippen molar-refractivity contribution in [1.29, 1.82) is 0 Å². The molecule has 0 bridgehead atoms. The third-order valence-corrected chi connectivity index (χ3v) is 3.35. The zero-order valence-corrected chi connectivity index (χ0v) is 10.9. The molecule has 3 heteroatoms. The molecule has 0 unspecified atom stereocenters. The van der Waals surface area contributed by atoms with Crippen molar-refractivity contribution >= 4 is 15.9 Å². The van der Waals surface area contributed by atoms with Gasteiger partial charge in [0.1, 0.15) is 0 Å². The van der Waals surface area contributed by atoms with Gasteiger partial charge in [0.2, 0.25) is 0 Å². The van der Waals surface area contributed by atoms with Crippen molar-refractivity contribution in [2.24, 2.45) is 5.92 Å². The van der Waals surface area contributed by atoms with E-state index in [0.29, 0.717) is 12.5 Å². The SMILES string of the molecule is Brc1cccc(COCC2CCOCC2)c1. The van der Waals surface area contributed by atoms with Gasteiger partial charge >= 0.3 is 0 Å². The summed E-state index contributed by atoms with van der Waals surface area (Å²) in [4.78, 5) is 0. The molecule has 0 radical (unpaired) electrons. The summed E-state index contributed by atoms with van der Waals surface area (Å²) in [5.41, 5.74) is 1.22. The fraction of sp³-hybridized carbons (Fsp3) is 0.538. The first kappa shape index (κ1) is 12.1. The highest BCUT2D eigenvalue weighted by Gasteiger charge is 2.13. The molecular formula is C13H17BrO2. The molecule has 1 saturated heterocycles. The van der Waals surface area contributed by atoms with Crippen molar-refractivity contribution in [3.8, 4) is 0 Å². The lowest BCUT2D eigenvalue weighted by Gasteiger charge is -2.21. The molecule has 1 aromatic carbocycles. The molecule has 1 aliphatic heterocycles. The Morgan fingerprint density at radius 3 is 2.88 bits per heavy atom. The Balaban J connectivity index is 1.71. The maximum atomic E-state index is 5.74. The zero-order chi connectivity index (χ0) is 11.2. The summed E-state index contributed by atoms with van der Waals surface area (Å²) >= 11 is 3.46. The fourth-order valence-corrected chi connectivity index (χ4v) is 2.33. The van der Waals surface area contributed by atoms with Gasteiger partial charge in [-0.15, -0.1) is 0 Å². The first-order valence-electron chi connectivity index (χ1n) is 5.74. The molecule has 88 valence electrons. The Bertz CT molecular complexity index is 321. The molecule has 0 amide bonds. The second-order valence-electron chi connectivity index (χ2n) is 4.20. The molecule has 0 aromatic heterocycles. The minimum absolute atomic E-state index is 0.681. The molecule has 0 spiro atoms. The van der Waals surface area contributed by atoms with Gasteiger partial charge in [0, 0.05) is 17.7 Å². The summed E-state index contributed by atoms with van der Waals surface area (Å²) in [6, 6.07) is 8.26. The van der Waals surface area contributed by atoms with Gasteiger partial charge in [0.25, 0.3) is 0 Å². The molecule has 1 aromatic rings. The minimum Gasteiger partial charge on any atom is -0.381 e. The first-order chi connectivity index (χ1) is 7.84. The maximum absolute atomic E-state index is 5.74. The Labute approximate surface area is 105 Å². The lowest BCUT2D eigenvalue weighted by molar-refractivity contribution is 0.0157. The summed E-state index contributed by atoms with van der Waals surface area (Å²) < 4.78 is 12.2. The largest absolute Gasteiger partial charge is 0.381 e. The maximum Gasteiger partial charge on any atom is 0.0717 e. The standard InChI is InChI=1S/C13H17BrO2/c14-13-3-1-2-12(8-13)10-16-9-11-4-6-15-7-5-11/h1-3,8,11H,4-7,9-10H2. The first-order valence-corrected chi connectivity index (χ1v) is 6.54. The van der Waals surface area contributed by atoms with Crippen molar-refractivity contribution in [3.63, 3.8) is 0 Å². The quantitative estimate of drug-likeness (QED) is 0.844. The third-order valence-electron chi connectivity index (χ3n) is 2.85. The van der Waals surface area contributed by atoms with Crippen LogP contribution in [-0.4, -0.2) is 19.8 Å². The van der Waals surface area contributed by atoms with Gasteiger partial charge in [0.15, 0.2) is 0 Å². The number of ether oxygens (including phenoxy) is 2. The van der Waals surface area contributed by atoms with E-state index in [1.54, 1.807) is 0 Å². The predicted molar refractivity (Wildman–Crippen MR) is 67.3 cm³/mol. The van der Waals surface area contributed by atoms with Crippen LogP contribution in [0.25, 0.3) is 0 Å². The normalized spacial score (nSPS) is 17.6. The monoisotopic (exact) mass is 284 g/mol. The average Bonchev–Trinajstić information content (AvgIpc) is 2.30. The van der Waals surface area contributed by atoms with E-state index in [-0.39, 0.29) is 0 Å². The minimum atomic E-state index is 0.681. The molecule has 1 heterocycles. The molecule has 1 fully saturated rings. The predicted octanol–water partition coefficient (Wildman–Crippen LogP) is 3.39. The van der Waals surface area contributed by atoms with Gasteiger partial charge in [-0.1, -0.05) is 28.1 Å². The number of halogens is 1. The molecule has 0 saturated carbocycles. The Morgan fingerprint density at radius 2 is 2.12 bits per heavy atom. The highest BCUT2D eigenvalue weighted by Crippen LogP contribution is 2.16. The molecule has 16 heavy (non-hydrogen) atoms. The van der Waals surface area contributed by atoms with Gasteiger partial charge in [-0.25, -0.2) is 0 Å². The molecular weight excluding hydrogens is 268 g/mol. The van der Waals surface area contributed by atoms with E-state index in [9.17, 15) is 0 Å². The second-order valence-corrected chi connectivity index (χ2v) is 5.12. The topological polar surface area (TPSA) is 18.5 Å². The highest BCUT2D eigenvalue weighted by atomic mass is 79.9. The number of hydrogen-bond acceptors (Lipinski definition) is 2. The molecule has 0 N–H and O–H groups in total. The Kier molecular flexibility index (Phi) is 4.82. The van der Waals surface area contributed by atoms with Crippen LogP contribution < -0.4 is 0 Å². The average molecular weight is 285 g/mol. The van der Waals surface area contributed by atoms with E-state index in [1.807, 2.05) is 12.1 Å². The van der Waals surface area contributed by atoms with Gasteiger partial charge in [0.05, 0.1) is 13.2 Å². The summed E-state index contributed by atoms with van der Waals surface area (Å²) in [6.07, 6.45) is 2.27. The van der Waals surface area contributed by atoms with Crippen LogP contribution in [0.2, 0.25) is 0 Å². The van der Waals surface area contributed by atoms with Crippen LogP contribution in [0.1, 0.15) is 18.4 Å². The van der Waals surface area contributed by atoms with E-state index in [4.69, 9.17) is 9.47 Å². The van der Waals surface area contributed by atoms with Crippen LogP contribution in [0.3, 0.4) is 0 Å². The Morgan fingerprint density at radius 1 is 1.31 bits per heavy atom. The van der Waals surface area contributed by atoms with Crippen molar-refractivity contribution in [1.82, 2.24) is 0 Å². The van der Waals surface area contributed by atoms with E-state index in [0.717, 1.165) is 37.1 Å². The van der Waals surface area contributed by atoms with Crippen LogP contribution in [0, 0.1) is 5.92 Å². The van der Waals surface area contributed by atoms with Crippen LogP contribution >= 0.6 is 15.9 Å². The molecule has 2 rings (SSSR count). The van der Waals surface area contributed by atoms with Crippen LogP contribution in [-0.2, 0) is 16.1 Å². The van der Waals surface area contributed by atoms with E-state index < -0.39 is 0 Å². The van der Waals surface area contributed by atoms with Crippen LogP contribution in [0.5, 0.6) is 0 Å². The van der Waals surface area contributed by atoms with Gasteiger partial charge in [-0.3, -0.25) is 0 Å². The number of rotatable bonds is 4. The van der Waals surface area contributed by atoms with Crippen LogP contribution in [0.4, 0.5) is 0 Å². The van der Waals surface area contributed by atoms with E-state index in [1.165, 1.54) is 5.56 Å². The van der Waals surface area contributed by atoms with Crippen molar-refractivity contribution < 1.29 is 9.47 Å². The van der Waals surface area contributed by atoms with Crippen LogP contribution in [0.15, 0.2) is 28.7 Å². The summed E-state index contributed by atoms with van der Waals surface area (Å²) in [7, 11) is 0. The second kappa shape index (κ2) is 6.38. The Hall–Kier alpha value is -0.380. The van der Waals surface area contributed by atoms with Gasteiger partial charge < -0.3 is 9.47 Å². The highest BCUT2D eigenvalue weighted by molar-refractivity contribution is 9.10. The summed E-state index contributed by atoms with van der Waals surface area (Å²) in [6.45, 7) is 3.35. The van der Waals surface area contributed by atoms with Crippen molar-refractivity contribution in [2.75, 3.05) is 19.8 Å². The third kappa shape index (κ3) is 3.89. The van der Waals surface area contributed by atoms with E-state index in [2.05, 4.69) is 28.1 Å². The van der Waals surface area contributed by atoms with Crippen molar-refractivity contribution in [3.05, 3.63) is 34.3 Å². The zero-order valence-electron chi connectivity index (χ0n) is 9.32. The molecule has 0 atom stereocenters. The molecule has 1 aliphatic rings. The van der Waals surface area contributed by atoms with Gasteiger partial charge in [-0.05, 0) is 36.5 Å². The lowest BCUT2D eigenvalue weighted by Crippen LogP contribution is -2.20. The van der Waals surface area contributed by atoms with E-state index >= 15 is 0 Å². The molecule has 0 aliphatic carbocycles. The summed E-state index contributed by atoms with van der Waals surface area (Å²) in [5, 5.41) is 0. The summed E-state index contributed by atoms with van der Waals surface area (Å²) in [5.74, 6) is 0.681. The van der Waals surface area contributed by atoms with Crippen molar-refractivity contribution in [2.45, 2.75) is 19.4 Å². The number of hydrogen-bond donors (Lipinski definition) is 0. The molecule has 2 nitrogen and oxygen atoms in total. The smallest absolute Gasteiger partial charge is 0.0717 e. The van der Waals surface area contributed by atoms with Gasteiger partial charge in [-0.2, -0.15) is 0 Å².